The Labute approximate surface area is 97.2 Å². The maximum absolute atomic E-state index is 2.33. The molecule has 1 aromatic rings. The minimum absolute atomic E-state index is 0.103. The molecule has 0 radical (unpaired) electrons. The van der Waals surface area contributed by atoms with Crippen LogP contribution in [0.4, 0.5) is 0 Å². The van der Waals surface area contributed by atoms with Crippen LogP contribution in [0.3, 0.4) is 0 Å². The van der Waals surface area contributed by atoms with E-state index >= 15 is 0 Å². The molecule has 1 aliphatic rings. The van der Waals surface area contributed by atoms with E-state index in [0.717, 1.165) is 3.97 Å². The van der Waals surface area contributed by atoms with Crippen molar-refractivity contribution in [1.29, 1.82) is 0 Å². The Morgan fingerprint density at radius 1 is 0.857 bits per heavy atom. The van der Waals surface area contributed by atoms with Crippen LogP contribution in [-0.2, 0) is 0 Å². The summed E-state index contributed by atoms with van der Waals surface area (Å²) in [5, 5.41) is 0. The second-order valence-corrected chi connectivity index (χ2v) is 7.97. The fraction of sp³-hybridized carbons (Fsp3) is 0.538. The zero-order valence-corrected chi connectivity index (χ0v) is 10.9. The number of rotatable bonds is 2. The van der Waals surface area contributed by atoms with Crippen molar-refractivity contribution in [1.82, 2.24) is 0 Å². The molecule has 1 aromatic carbocycles. The molecule has 14 heavy (non-hydrogen) atoms. The van der Waals surface area contributed by atoms with Gasteiger partial charge >= 0.3 is 97.4 Å². The monoisotopic (exact) mass is 304 g/mol. The van der Waals surface area contributed by atoms with E-state index in [4.69, 9.17) is 0 Å². The molecule has 0 atom stereocenters. The zero-order valence-electron chi connectivity index (χ0n) is 8.61. The molecule has 76 valence electrons. The summed E-state index contributed by atoms with van der Waals surface area (Å²) in [6, 6.07) is 11.2. The number of hydrogen-bond acceptors (Lipinski definition) is 0. The van der Waals surface area contributed by atoms with Gasteiger partial charge in [0.2, 0.25) is 0 Å². The second-order valence-electron chi connectivity index (χ2n) is 4.04. The van der Waals surface area contributed by atoms with Gasteiger partial charge in [-0.25, -0.2) is 0 Å². The normalized spacial score (nSPS) is 19.1. The zero-order chi connectivity index (χ0) is 9.64. The van der Waals surface area contributed by atoms with Gasteiger partial charge in [-0.2, -0.15) is 0 Å². The van der Waals surface area contributed by atoms with Crippen molar-refractivity contribution in [3.8, 4) is 0 Å². The Kier molecular flexibility index (Phi) is 4.35. The number of hydrogen-bond donors (Lipinski definition) is 0. The molecule has 1 aliphatic carbocycles. The molecule has 2 rings (SSSR count). The summed E-state index contributed by atoms with van der Waals surface area (Å²) < 4.78 is 2.75. The second kappa shape index (κ2) is 5.79. The van der Waals surface area contributed by atoms with E-state index < -0.39 is 0 Å². The standard InChI is InChI=1S/C13H18Te/c1-2-5-9-12(8-4-1)14-13-10-6-3-7-11-13/h3,6-7,10-12H,1-2,4-5,8-9H2. The fourth-order valence-electron chi connectivity index (χ4n) is 2.05. The molecule has 0 aromatic heterocycles. The van der Waals surface area contributed by atoms with Crippen molar-refractivity contribution in [2.24, 2.45) is 0 Å². The van der Waals surface area contributed by atoms with Crippen molar-refractivity contribution >= 4 is 24.5 Å². The predicted molar refractivity (Wildman–Crippen MR) is 63.3 cm³/mol. The molecule has 0 saturated heterocycles. The van der Waals surface area contributed by atoms with Crippen molar-refractivity contribution in [2.45, 2.75) is 42.5 Å². The van der Waals surface area contributed by atoms with Crippen LogP contribution in [0.2, 0.25) is 3.97 Å². The van der Waals surface area contributed by atoms with Crippen LogP contribution in [0.15, 0.2) is 30.3 Å². The van der Waals surface area contributed by atoms with Crippen molar-refractivity contribution in [3.63, 3.8) is 0 Å². The summed E-state index contributed by atoms with van der Waals surface area (Å²) in [6.45, 7) is 0. The minimum atomic E-state index is 0.103. The third kappa shape index (κ3) is 3.30. The Hall–Kier alpha value is 0.00961. The molecule has 0 bridgehead atoms. The SMILES string of the molecule is c1ccc([Te]C2CCCCCC2)cc1. The Morgan fingerprint density at radius 3 is 2.14 bits per heavy atom. The van der Waals surface area contributed by atoms with Crippen LogP contribution in [0.5, 0.6) is 0 Å². The van der Waals surface area contributed by atoms with Gasteiger partial charge in [0.1, 0.15) is 0 Å². The average Bonchev–Trinajstić information content (AvgIpc) is 2.48. The number of benzene rings is 1. The van der Waals surface area contributed by atoms with Crippen LogP contribution in [0, 0.1) is 0 Å². The first-order valence-corrected chi connectivity index (χ1v) is 8.18. The first-order valence-electron chi connectivity index (χ1n) is 5.67. The van der Waals surface area contributed by atoms with Gasteiger partial charge in [-0.1, -0.05) is 0 Å². The summed E-state index contributed by atoms with van der Waals surface area (Å²) in [5.74, 6) is 0. The Morgan fingerprint density at radius 2 is 1.50 bits per heavy atom. The third-order valence-electron chi connectivity index (χ3n) is 2.85. The van der Waals surface area contributed by atoms with Crippen molar-refractivity contribution < 1.29 is 0 Å². The summed E-state index contributed by atoms with van der Waals surface area (Å²) in [6.07, 6.45) is 8.97. The van der Waals surface area contributed by atoms with Crippen LogP contribution in [0.1, 0.15) is 38.5 Å². The Balaban J connectivity index is 1.90. The fourth-order valence-corrected chi connectivity index (χ4v) is 5.67. The molecule has 0 heterocycles. The summed E-state index contributed by atoms with van der Waals surface area (Å²) in [5.41, 5.74) is 0. The van der Waals surface area contributed by atoms with E-state index in [-0.39, 0.29) is 20.9 Å². The molecule has 1 fully saturated rings. The van der Waals surface area contributed by atoms with E-state index in [9.17, 15) is 0 Å². The van der Waals surface area contributed by atoms with Gasteiger partial charge in [-0.05, 0) is 0 Å². The summed E-state index contributed by atoms with van der Waals surface area (Å²) >= 11 is 0.103. The molecule has 0 amide bonds. The Bertz CT molecular complexity index is 247. The molecule has 0 aliphatic heterocycles. The molecule has 0 N–H and O–H groups in total. The van der Waals surface area contributed by atoms with E-state index in [0.29, 0.717) is 0 Å². The van der Waals surface area contributed by atoms with Gasteiger partial charge in [-0.3, -0.25) is 0 Å². The molecular formula is C13H18Te. The first kappa shape index (κ1) is 10.5. The summed E-state index contributed by atoms with van der Waals surface area (Å²) in [7, 11) is 0. The van der Waals surface area contributed by atoms with E-state index in [1.54, 1.807) is 3.61 Å². The van der Waals surface area contributed by atoms with Gasteiger partial charge in [0.05, 0.1) is 0 Å². The predicted octanol–water partition coefficient (Wildman–Crippen LogP) is 3.16. The van der Waals surface area contributed by atoms with Crippen LogP contribution in [0.25, 0.3) is 0 Å². The average molecular weight is 302 g/mol. The first-order chi connectivity index (χ1) is 6.95. The van der Waals surface area contributed by atoms with E-state index in [2.05, 4.69) is 30.3 Å². The molecule has 0 spiro atoms. The van der Waals surface area contributed by atoms with Crippen LogP contribution >= 0.6 is 0 Å². The molecule has 1 saturated carbocycles. The topological polar surface area (TPSA) is 0 Å². The van der Waals surface area contributed by atoms with Crippen molar-refractivity contribution in [2.75, 3.05) is 0 Å². The molecule has 0 nitrogen and oxygen atoms in total. The molecular weight excluding hydrogens is 284 g/mol. The summed E-state index contributed by atoms with van der Waals surface area (Å²) in [4.78, 5) is 0. The van der Waals surface area contributed by atoms with Crippen LogP contribution in [-0.4, -0.2) is 20.9 Å². The van der Waals surface area contributed by atoms with Gasteiger partial charge in [-0.15, -0.1) is 0 Å². The van der Waals surface area contributed by atoms with E-state index in [1.165, 1.54) is 38.5 Å². The quantitative estimate of drug-likeness (QED) is 0.581. The van der Waals surface area contributed by atoms with E-state index in [1.807, 2.05) is 0 Å². The van der Waals surface area contributed by atoms with Gasteiger partial charge < -0.3 is 0 Å². The van der Waals surface area contributed by atoms with Crippen molar-refractivity contribution in [3.05, 3.63) is 30.3 Å². The van der Waals surface area contributed by atoms with Gasteiger partial charge in [0.15, 0.2) is 0 Å². The molecule has 1 heteroatoms. The van der Waals surface area contributed by atoms with Crippen LogP contribution < -0.4 is 3.61 Å². The van der Waals surface area contributed by atoms with Gasteiger partial charge in [0.25, 0.3) is 0 Å². The third-order valence-corrected chi connectivity index (χ3v) is 6.70. The molecule has 0 unspecified atom stereocenters. The maximum atomic E-state index is 2.33. The van der Waals surface area contributed by atoms with Gasteiger partial charge in [0, 0.05) is 0 Å².